The number of hydrogen-bond acceptors (Lipinski definition) is 4. The fourth-order valence-electron chi connectivity index (χ4n) is 2.41. The summed E-state index contributed by atoms with van der Waals surface area (Å²) in [7, 11) is 0. The minimum atomic E-state index is -0.773. The van der Waals surface area contributed by atoms with E-state index in [0.29, 0.717) is 6.54 Å². The summed E-state index contributed by atoms with van der Waals surface area (Å²) in [4.78, 5) is 24.2. The number of rotatable bonds is 6. The predicted molar refractivity (Wildman–Crippen MR) is 82.3 cm³/mol. The minimum absolute atomic E-state index is 0.0616. The van der Waals surface area contributed by atoms with Crippen molar-refractivity contribution in [1.29, 1.82) is 5.26 Å². The highest BCUT2D eigenvalue weighted by atomic mass is 16.5. The summed E-state index contributed by atoms with van der Waals surface area (Å²) in [6.45, 7) is 4.41. The van der Waals surface area contributed by atoms with E-state index in [-0.39, 0.29) is 18.7 Å². The molecule has 6 heteroatoms. The maximum Gasteiger partial charge on any atom is 0.329 e. The van der Waals surface area contributed by atoms with Crippen molar-refractivity contribution in [3.63, 3.8) is 0 Å². The van der Waals surface area contributed by atoms with Crippen LogP contribution in [-0.2, 0) is 22.6 Å². The molecule has 1 heterocycles. The number of nitrogens with zero attached hydrogens (tertiary/aromatic N) is 3. The molecule has 0 N–H and O–H groups in total. The molecule has 0 radical (unpaired) electrons. The van der Waals surface area contributed by atoms with Crippen LogP contribution in [-0.4, -0.2) is 21.2 Å². The normalized spacial score (nSPS) is 12.0. The summed E-state index contributed by atoms with van der Waals surface area (Å²) < 4.78 is 8.21. The van der Waals surface area contributed by atoms with E-state index in [1.165, 1.54) is 6.92 Å². The van der Waals surface area contributed by atoms with Crippen molar-refractivity contribution in [1.82, 2.24) is 9.13 Å². The molecular formula is C16H19N3O3. The van der Waals surface area contributed by atoms with Gasteiger partial charge in [-0.3, -0.25) is 13.9 Å². The molecule has 0 spiro atoms. The first-order chi connectivity index (χ1) is 10.6. The second-order valence-electron chi connectivity index (χ2n) is 5.09. The molecule has 1 aromatic heterocycles. The van der Waals surface area contributed by atoms with Gasteiger partial charge in [0.2, 0.25) is 0 Å². The first-order valence-corrected chi connectivity index (χ1v) is 7.35. The highest BCUT2D eigenvalue weighted by Crippen LogP contribution is 2.13. The Balaban J connectivity index is 2.25. The zero-order valence-corrected chi connectivity index (χ0v) is 12.8. The van der Waals surface area contributed by atoms with Gasteiger partial charge in [-0.25, -0.2) is 4.79 Å². The lowest BCUT2D eigenvalue weighted by Gasteiger charge is -2.06. The standard InChI is InChI=1S/C16H19N3O3/c1-3-9-18-13-6-4-5-7-14(13)19(16(18)21)10-8-15(20)22-12(2)11-17/h4-7,12H,3,8-10H2,1-2H3/t12-/m1/s1. The maximum absolute atomic E-state index is 12.5. The Hall–Kier alpha value is -2.55. The van der Waals surface area contributed by atoms with Crippen LogP contribution in [0.2, 0.25) is 0 Å². The molecule has 2 aromatic rings. The van der Waals surface area contributed by atoms with Crippen molar-refractivity contribution in [3.8, 4) is 6.07 Å². The smallest absolute Gasteiger partial charge is 0.329 e. The van der Waals surface area contributed by atoms with E-state index >= 15 is 0 Å². The largest absolute Gasteiger partial charge is 0.447 e. The monoisotopic (exact) mass is 301 g/mol. The Kier molecular flexibility index (Phi) is 4.99. The van der Waals surface area contributed by atoms with Crippen LogP contribution < -0.4 is 5.69 Å². The number of esters is 1. The highest BCUT2D eigenvalue weighted by molar-refractivity contribution is 5.76. The molecule has 0 aliphatic heterocycles. The molecule has 22 heavy (non-hydrogen) atoms. The van der Waals surface area contributed by atoms with Gasteiger partial charge in [-0.1, -0.05) is 19.1 Å². The van der Waals surface area contributed by atoms with E-state index in [2.05, 4.69) is 0 Å². The van der Waals surface area contributed by atoms with Crippen molar-refractivity contribution < 1.29 is 9.53 Å². The molecule has 2 rings (SSSR count). The molecule has 0 fully saturated rings. The number of carbonyl (C=O) groups is 1. The van der Waals surface area contributed by atoms with E-state index in [0.717, 1.165) is 17.5 Å². The molecule has 1 aromatic carbocycles. The van der Waals surface area contributed by atoms with Gasteiger partial charge in [-0.05, 0) is 25.5 Å². The van der Waals surface area contributed by atoms with Crippen molar-refractivity contribution >= 4 is 17.0 Å². The number of nitriles is 1. The molecular weight excluding hydrogens is 282 g/mol. The van der Waals surface area contributed by atoms with E-state index in [4.69, 9.17) is 10.00 Å². The quantitative estimate of drug-likeness (QED) is 0.765. The van der Waals surface area contributed by atoms with Gasteiger partial charge in [0.1, 0.15) is 6.07 Å². The third-order valence-electron chi connectivity index (χ3n) is 3.40. The van der Waals surface area contributed by atoms with Crippen LogP contribution in [0.15, 0.2) is 29.1 Å². The number of ether oxygens (including phenoxy) is 1. The molecule has 0 unspecified atom stereocenters. The Bertz CT molecular complexity index is 767. The summed E-state index contributed by atoms with van der Waals surface area (Å²) in [5, 5.41) is 8.63. The Morgan fingerprint density at radius 1 is 1.27 bits per heavy atom. The van der Waals surface area contributed by atoms with Crippen LogP contribution in [0.1, 0.15) is 26.7 Å². The number of imidazole rings is 1. The summed E-state index contributed by atoms with van der Waals surface area (Å²) >= 11 is 0. The van der Waals surface area contributed by atoms with Crippen LogP contribution in [0.5, 0.6) is 0 Å². The first kappa shape index (κ1) is 15.8. The van der Waals surface area contributed by atoms with Crippen molar-refractivity contribution in [2.24, 2.45) is 0 Å². The third kappa shape index (κ3) is 3.19. The average Bonchev–Trinajstić information content (AvgIpc) is 2.78. The molecule has 0 aliphatic carbocycles. The number of para-hydroxylation sites is 2. The van der Waals surface area contributed by atoms with Crippen molar-refractivity contribution in [2.45, 2.75) is 45.9 Å². The topological polar surface area (TPSA) is 77.0 Å². The number of aromatic nitrogens is 2. The van der Waals surface area contributed by atoms with Gasteiger partial charge in [0.05, 0.1) is 17.5 Å². The predicted octanol–water partition coefficient (Wildman–Crippen LogP) is 2.06. The number of hydrogen-bond donors (Lipinski definition) is 0. The van der Waals surface area contributed by atoms with Crippen molar-refractivity contribution in [2.75, 3.05) is 0 Å². The lowest BCUT2D eigenvalue weighted by Crippen LogP contribution is -2.26. The minimum Gasteiger partial charge on any atom is -0.447 e. The van der Waals surface area contributed by atoms with Gasteiger partial charge >= 0.3 is 11.7 Å². The zero-order chi connectivity index (χ0) is 16.1. The molecule has 6 nitrogen and oxygen atoms in total. The number of fused-ring (bicyclic) bond motifs is 1. The Morgan fingerprint density at radius 2 is 1.86 bits per heavy atom. The lowest BCUT2D eigenvalue weighted by atomic mass is 10.3. The molecule has 1 atom stereocenters. The second-order valence-corrected chi connectivity index (χ2v) is 5.09. The molecule has 0 amide bonds. The third-order valence-corrected chi connectivity index (χ3v) is 3.40. The summed E-state index contributed by atoms with van der Waals surface area (Å²) in [5.74, 6) is -0.478. The average molecular weight is 301 g/mol. The zero-order valence-electron chi connectivity index (χ0n) is 12.8. The van der Waals surface area contributed by atoms with Gasteiger partial charge in [0.25, 0.3) is 0 Å². The highest BCUT2D eigenvalue weighted by Gasteiger charge is 2.14. The van der Waals surface area contributed by atoms with Gasteiger partial charge in [0, 0.05) is 13.1 Å². The van der Waals surface area contributed by atoms with Gasteiger partial charge in [-0.2, -0.15) is 5.26 Å². The number of carbonyl (C=O) groups excluding carboxylic acids is 1. The molecule has 116 valence electrons. The Morgan fingerprint density at radius 3 is 2.41 bits per heavy atom. The van der Waals surface area contributed by atoms with Crippen LogP contribution in [0.4, 0.5) is 0 Å². The van der Waals surface area contributed by atoms with Gasteiger partial charge in [-0.15, -0.1) is 0 Å². The fourth-order valence-corrected chi connectivity index (χ4v) is 2.41. The van der Waals surface area contributed by atoms with E-state index in [9.17, 15) is 9.59 Å². The van der Waals surface area contributed by atoms with Crippen molar-refractivity contribution in [3.05, 3.63) is 34.7 Å². The van der Waals surface area contributed by atoms with E-state index in [1.807, 2.05) is 37.3 Å². The SMILES string of the molecule is CCCn1c(=O)n(CCC(=O)O[C@H](C)C#N)c2ccccc21. The van der Waals surface area contributed by atoms with Crippen LogP contribution in [0, 0.1) is 11.3 Å². The maximum atomic E-state index is 12.5. The number of benzene rings is 1. The van der Waals surface area contributed by atoms with Crippen LogP contribution >= 0.6 is 0 Å². The van der Waals surface area contributed by atoms with Gasteiger partial charge < -0.3 is 4.74 Å². The van der Waals surface area contributed by atoms with Gasteiger partial charge in [0.15, 0.2) is 6.10 Å². The molecule has 0 aliphatic rings. The second kappa shape index (κ2) is 6.94. The fraction of sp³-hybridized carbons (Fsp3) is 0.438. The first-order valence-electron chi connectivity index (χ1n) is 7.35. The summed E-state index contributed by atoms with van der Waals surface area (Å²) in [5.41, 5.74) is 1.55. The van der Waals surface area contributed by atoms with Crippen LogP contribution in [0.25, 0.3) is 11.0 Å². The summed E-state index contributed by atoms with van der Waals surface area (Å²) in [6, 6.07) is 9.36. The van der Waals surface area contributed by atoms with E-state index in [1.54, 1.807) is 9.13 Å². The molecule has 0 bridgehead atoms. The molecule has 0 saturated heterocycles. The lowest BCUT2D eigenvalue weighted by molar-refractivity contribution is -0.146. The van der Waals surface area contributed by atoms with Crippen LogP contribution in [0.3, 0.4) is 0 Å². The number of aryl methyl sites for hydroxylation is 2. The molecule has 0 saturated carbocycles. The summed E-state index contributed by atoms with van der Waals surface area (Å²) in [6.07, 6.45) is 0.146. The Labute approximate surface area is 128 Å². The van der Waals surface area contributed by atoms with E-state index < -0.39 is 12.1 Å².